The molecule has 0 aliphatic carbocycles. The van der Waals surface area contributed by atoms with Gasteiger partial charge in [0.05, 0.1) is 19.8 Å². The zero-order valence-corrected chi connectivity index (χ0v) is 13.6. The van der Waals surface area contributed by atoms with Gasteiger partial charge in [-0.1, -0.05) is 30.3 Å². The number of fused-ring (bicyclic) bond motifs is 1. The maximum Gasteiger partial charge on any atom is 0.293 e. The van der Waals surface area contributed by atoms with Gasteiger partial charge in [-0.25, -0.2) is 0 Å². The van der Waals surface area contributed by atoms with Gasteiger partial charge < -0.3 is 14.2 Å². The molecule has 1 aromatic rings. The molecule has 2 saturated heterocycles. The van der Waals surface area contributed by atoms with Crippen molar-refractivity contribution in [2.24, 2.45) is 0 Å². The summed E-state index contributed by atoms with van der Waals surface area (Å²) in [5, 5.41) is 0. The Labute approximate surface area is 132 Å². The summed E-state index contributed by atoms with van der Waals surface area (Å²) in [5.41, 5.74) is 0.857. The first-order valence-corrected chi connectivity index (χ1v) is 7.57. The van der Waals surface area contributed by atoms with Crippen molar-refractivity contribution in [3.05, 3.63) is 35.9 Å². The minimum absolute atomic E-state index is 0.0468. The van der Waals surface area contributed by atoms with Crippen molar-refractivity contribution in [3.63, 3.8) is 0 Å². The topological polar surface area (TPSA) is 47.8 Å². The standard InChI is InChI=1S/C12H15NO2.C5H10O2/c1-2-4-11(5-3-1)8-14-10-12-9-13(12)6-7-15-12;1-5(2,3)7-4-6/h1-5H,6-10H2;4H,1-3H3. The fraction of sp³-hybridized carbons (Fsp3) is 0.588. The Morgan fingerprint density at radius 3 is 2.50 bits per heavy atom. The van der Waals surface area contributed by atoms with Gasteiger partial charge in [-0.2, -0.15) is 0 Å². The van der Waals surface area contributed by atoms with Crippen molar-refractivity contribution >= 4 is 6.47 Å². The molecule has 0 spiro atoms. The van der Waals surface area contributed by atoms with Gasteiger partial charge in [0, 0.05) is 13.1 Å². The number of benzene rings is 1. The van der Waals surface area contributed by atoms with Gasteiger partial charge in [0.15, 0.2) is 5.72 Å². The summed E-state index contributed by atoms with van der Waals surface area (Å²) in [6, 6.07) is 10.2. The number of hydrogen-bond acceptors (Lipinski definition) is 5. The molecule has 3 rings (SSSR count). The molecule has 22 heavy (non-hydrogen) atoms. The van der Waals surface area contributed by atoms with Crippen LogP contribution in [0, 0.1) is 0 Å². The van der Waals surface area contributed by atoms with E-state index in [1.807, 2.05) is 39.0 Å². The molecule has 1 aromatic carbocycles. The Morgan fingerprint density at radius 1 is 1.32 bits per heavy atom. The third-order valence-corrected chi connectivity index (χ3v) is 3.48. The second-order valence-electron chi connectivity index (χ2n) is 6.52. The van der Waals surface area contributed by atoms with Gasteiger partial charge in [-0.05, 0) is 26.3 Å². The summed E-state index contributed by atoms with van der Waals surface area (Å²) in [7, 11) is 0. The highest BCUT2D eigenvalue weighted by Gasteiger charge is 2.57. The highest BCUT2D eigenvalue weighted by atomic mass is 16.6. The fourth-order valence-corrected chi connectivity index (χ4v) is 2.25. The van der Waals surface area contributed by atoms with Crippen LogP contribution in [0.25, 0.3) is 0 Å². The van der Waals surface area contributed by atoms with Gasteiger partial charge >= 0.3 is 0 Å². The van der Waals surface area contributed by atoms with E-state index in [2.05, 4.69) is 21.8 Å². The minimum Gasteiger partial charge on any atom is -0.462 e. The lowest BCUT2D eigenvalue weighted by atomic mass is 10.2. The van der Waals surface area contributed by atoms with E-state index in [4.69, 9.17) is 9.47 Å². The molecular weight excluding hydrogens is 282 g/mol. The summed E-state index contributed by atoms with van der Waals surface area (Å²) >= 11 is 0. The summed E-state index contributed by atoms with van der Waals surface area (Å²) in [6.07, 6.45) is 0. The van der Waals surface area contributed by atoms with Gasteiger partial charge in [-0.15, -0.1) is 0 Å². The second-order valence-corrected chi connectivity index (χ2v) is 6.52. The highest BCUT2D eigenvalue weighted by molar-refractivity contribution is 5.37. The van der Waals surface area contributed by atoms with Gasteiger partial charge in [0.25, 0.3) is 6.47 Å². The van der Waals surface area contributed by atoms with Gasteiger partial charge in [0.1, 0.15) is 5.60 Å². The van der Waals surface area contributed by atoms with Crippen LogP contribution >= 0.6 is 0 Å². The predicted molar refractivity (Wildman–Crippen MR) is 83.3 cm³/mol. The molecule has 0 aromatic heterocycles. The van der Waals surface area contributed by atoms with E-state index in [1.54, 1.807) is 0 Å². The maximum atomic E-state index is 9.60. The second kappa shape index (κ2) is 7.22. The number of carbonyl (C=O) groups is 1. The molecule has 5 heteroatoms. The Hall–Kier alpha value is -1.43. The Balaban J connectivity index is 0.000000217. The molecule has 0 radical (unpaired) electrons. The zero-order chi connectivity index (χ0) is 16.1. The lowest BCUT2D eigenvalue weighted by Crippen LogP contribution is -2.22. The summed E-state index contributed by atoms with van der Waals surface area (Å²) < 4.78 is 15.9. The number of carbonyl (C=O) groups excluding carboxylic acids is 1. The van der Waals surface area contributed by atoms with Crippen LogP contribution in [0.5, 0.6) is 0 Å². The van der Waals surface area contributed by atoms with Crippen LogP contribution < -0.4 is 0 Å². The molecule has 2 aliphatic rings. The van der Waals surface area contributed by atoms with Crippen LogP contribution in [0.3, 0.4) is 0 Å². The molecule has 5 nitrogen and oxygen atoms in total. The SMILES string of the molecule is CC(C)(C)OC=O.c1ccc(COCC23CN2CCO3)cc1. The van der Waals surface area contributed by atoms with E-state index in [-0.39, 0.29) is 11.3 Å². The van der Waals surface area contributed by atoms with Crippen LogP contribution in [-0.4, -0.2) is 49.0 Å². The number of ether oxygens (including phenoxy) is 3. The Morgan fingerprint density at radius 2 is 2.05 bits per heavy atom. The average Bonchev–Trinajstić information content (AvgIpc) is 3.00. The van der Waals surface area contributed by atoms with Crippen LogP contribution in [0.1, 0.15) is 26.3 Å². The molecule has 2 aliphatic heterocycles. The normalized spacial score (nSPS) is 25.7. The number of hydrogen-bond donors (Lipinski definition) is 0. The first-order chi connectivity index (χ1) is 10.5. The number of morpholine rings is 1. The minimum atomic E-state index is -0.318. The Kier molecular flexibility index (Phi) is 5.56. The largest absolute Gasteiger partial charge is 0.462 e. The molecular formula is C17H25NO4. The van der Waals surface area contributed by atoms with Crippen molar-refractivity contribution in [1.29, 1.82) is 0 Å². The van der Waals surface area contributed by atoms with Crippen molar-refractivity contribution in [1.82, 2.24) is 4.90 Å². The molecule has 0 N–H and O–H groups in total. The summed E-state index contributed by atoms with van der Waals surface area (Å²) in [5.74, 6) is 0. The maximum absolute atomic E-state index is 9.60. The lowest BCUT2D eigenvalue weighted by molar-refractivity contribution is -0.138. The van der Waals surface area contributed by atoms with Crippen LogP contribution in [-0.2, 0) is 25.6 Å². The van der Waals surface area contributed by atoms with Crippen molar-refractivity contribution < 1.29 is 19.0 Å². The van der Waals surface area contributed by atoms with Gasteiger partial charge in [-0.3, -0.25) is 9.69 Å². The molecule has 122 valence electrons. The van der Waals surface area contributed by atoms with E-state index in [1.165, 1.54) is 5.56 Å². The predicted octanol–water partition coefficient (Wildman–Crippen LogP) is 2.20. The fourth-order valence-electron chi connectivity index (χ4n) is 2.25. The number of rotatable bonds is 5. The first kappa shape index (κ1) is 16.9. The van der Waals surface area contributed by atoms with E-state index in [0.717, 1.165) is 19.7 Å². The monoisotopic (exact) mass is 307 g/mol. The average molecular weight is 307 g/mol. The van der Waals surface area contributed by atoms with E-state index in [9.17, 15) is 4.79 Å². The zero-order valence-electron chi connectivity index (χ0n) is 13.6. The highest BCUT2D eigenvalue weighted by Crippen LogP contribution is 2.38. The lowest BCUT2D eigenvalue weighted by Gasteiger charge is -2.14. The molecule has 2 heterocycles. The number of nitrogens with zero attached hydrogens (tertiary/aromatic N) is 1. The van der Waals surface area contributed by atoms with E-state index >= 15 is 0 Å². The van der Waals surface area contributed by atoms with Crippen LogP contribution in [0.4, 0.5) is 0 Å². The third kappa shape index (κ3) is 5.09. The van der Waals surface area contributed by atoms with Crippen LogP contribution in [0.2, 0.25) is 0 Å². The summed E-state index contributed by atoms with van der Waals surface area (Å²) in [6.45, 7) is 10.3. The van der Waals surface area contributed by atoms with Crippen molar-refractivity contribution in [2.45, 2.75) is 38.7 Å². The van der Waals surface area contributed by atoms with Crippen molar-refractivity contribution in [2.75, 3.05) is 26.3 Å². The van der Waals surface area contributed by atoms with Crippen LogP contribution in [0.15, 0.2) is 30.3 Å². The molecule has 0 amide bonds. The quantitative estimate of drug-likeness (QED) is 0.616. The van der Waals surface area contributed by atoms with E-state index in [0.29, 0.717) is 19.7 Å². The summed E-state index contributed by atoms with van der Waals surface area (Å²) in [4.78, 5) is 11.9. The Bertz CT molecular complexity index is 471. The van der Waals surface area contributed by atoms with Crippen molar-refractivity contribution in [3.8, 4) is 0 Å². The smallest absolute Gasteiger partial charge is 0.293 e. The molecule has 2 atom stereocenters. The molecule has 0 saturated carbocycles. The molecule has 0 bridgehead atoms. The van der Waals surface area contributed by atoms with Gasteiger partial charge in [0.2, 0.25) is 0 Å². The first-order valence-electron chi connectivity index (χ1n) is 7.57. The molecule has 2 fully saturated rings. The molecule has 2 unspecified atom stereocenters. The third-order valence-electron chi connectivity index (χ3n) is 3.48. The van der Waals surface area contributed by atoms with E-state index < -0.39 is 0 Å².